The second-order valence-corrected chi connectivity index (χ2v) is 1.42. The molecule has 0 bridgehead atoms. The summed E-state index contributed by atoms with van der Waals surface area (Å²) in [5, 5.41) is 18.6. The van der Waals surface area contributed by atoms with Crippen LogP contribution in [0.1, 0.15) is 6.92 Å². The Bertz CT molecular complexity index is 182. The topological polar surface area (TPSA) is 82.7 Å². The molecule has 0 spiro atoms. The maximum Gasteiger partial charge on any atom is 0.304 e. The molecule has 0 aromatic heterocycles. The second kappa shape index (κ2) is 4.32. The van der Waals surface area contributed by atoms with E-state index in [0.717, 1.165) is 13.1 Å². The zero-order valence-electron chi connectivity index (χ0n) is 5.31. The lowest BCUT2D eigenvalue weighted by Crippen LogP contribution is -2.15. The Morgan fingerprint density at radius 3 is 2.90 bits per heavy atom. The summed E-state index contributed by atoms with van der Waals surface area (Å²) in [6.07, 6.45) is -0.274. The van der Waals surface area contributed by atoms with Gasteiger partial charge in [-0.3, -0.25) is 4.79 Å². The molecule has 1 atom stereocenters. The Hall–Kier alpha value is -1.57. The molecular weight excluding hydrogens is 136 g/mol. The van der Waals surface area contributed by atoms with Crippen molar-refractivity contribution in [3.8, 4) is 6.07 Å². The van der Waals surface area contributed by atoms with Crippen LogP contribution in [-0.2, 0) is 9.53 Å². The quantitative estimate of drug-likeness (QED) is 0.252. The molecule has 0 amide bonds. The van der Waals surface area contributed by atoms with Crippen molar-refractivity contribution in [2.45, 2.75) is 13.0 Å². The van der Waals surface area contributed by atoms with Crippen molar-refractivity contribution < 1.29 is 14.7 Å². The third-order valence-corrected chi connectivity index (χ3v) is 0.622. The molecular formula is C5H6N2O3. The van der Waals surface area contributed by atoms with Gasteiger partial charge < -0.3 is 9.94 Å². The first-order chi connectivity index (χ1) is 4.70. The maximum absolute atomic E-state index is 10.2. The highest BCUT2D eigenvalue weighted by Gasteiger charge is 2.05. The second-order valence-electron chi connectivity index (χ2n) is 1.42. The van der Waals surface area contributed by atoms with E-state index in [2.05, 4.69) is 9.89 Å². The number of hydrogen-bond donors (Lipinski definition) is 1. The van der Waals surface area contributed by atoms with Crippen LogP contribution in [0, 0.1) is 11.3 Å². The van der Waals surface area contributed by atoms with Gasteiger partial charge in [0.15, 0.2) is 0 Å². The van der Waals surface area contributed by atoms with Gasteiger partial charge in [-0.1, -0.05) is 5.16 Å². The van der Waals surface area contributed by atoms with Crippen LogP contribution in [0.2, 0.25) is 0 Å². The fourth-order valence-corrected chi connectivity index (χ4v) is 0.329. The number of carbonyl (C=O) groups is 1. The van der Waals surface area contributed by atoms with Crippen molar-refractivity contribution in [3.63, 3.8) is 0 Å². The van der Waals surface area contributed by atoms with Gasteiger partial charge in [0.1, 0.15) is 6.07 Å². The van der Waals surface area contributed by atoms with Crippen LogP contribution < -0.4 is 0 Å². The minimum Gasteiger partial charge on any atom is -0.441 e. The predicted octanol–water partition coefficient (Wildman–Crippen LogP) is -0.0983. The number of nitrogens with zero attached hydrogens (tertiary/aromatic N) is 2. The van der Waals surface area contributed by atoms with Crippen LogP contribution in [0.5, 0.6) is 0 Å². The summed E-state index contributed by atoms with van der Waals surface area (Å²) in [6, 6.07) is 1.58. The van der Waals surface area contributed by atoms with Gasteiger partial charge in [-0.2, -0.15) is 5.26 Å². The highest BCUT2D eigenvalue weighted by molar-refractivity contribution is 5.73. The van der Waals surface area contributed by atoms with Crippen LogP contribution in [0.3, 0.4) is 0 Å². The Kier molecular flexibility index (Phi) is 3.64. The first-order valence-corrected chi connectivity index (χ1v) is 2.45. The first kappa shape index (κ1) is 8.43. The SMILES string of the molecule is CC(=O)OC(C#N)/C=N/O. The number of rotatable bonds is 2. The molecule has 10 heavy (non-hydrogen) atoms. The summed E-state index contributed by atoms with van der Waals surface area (Å²) in [5.41, 5.74) is 0. The van der Waals surface area contributed by atoms with Gasteiger partial charge in [-0.15, -0.1) is 0 Å². The van der Waals surface area contributed by atoms with Crippen LogP contribution in [0.4, 0.5) is 0 Å². The van der Waals surface area contributed by atoms with Gasteiger partial charge in [0, 0.05) is 6.92 Å². The van der Waals surface area contributed by atoms with Crippen molar-refractivity contribution in [1.82, 2.24) is 0 Å². The van der Waals surface area contributed by atoms with Gasteiger partial charge in [0.2, 0.25) is 6.10 Å². The molecule has 0 saturated heterocycles. The van der Waals surface area contributed by atoms with Crippen LogP contribution in [0.25, 0.3) is 0 Å². The standard InChI is InChI=1S/C5H6N2O3/c1-4(8)10-5(2-6)3-7-9/h3,5,9H,1H3/b7-3+. The largest absolute Gasteiger partial charge is 0.441 e. The number of hydrogen-bond acceptors (Lipinski definition) is 5. The monoisotopic (exact) mass is 142 g/mol. The third kappa shape index (κ3) is 3.43. The molecule has 1 N–H and O–H groups in total. The lowest BCUT2D eigenvalue weighted by atomic mass is 10.4. The van der Waals surface area contributed by atoms with Gasteiger partial charge in [0.25, 0.3) is 0 Å². The van der Waals surface area contributed by atoms with Gasteiger partial charge in [-0.05, 0) is 0 Å². The fraction of sp³-hybridized carbons (Fsp3) is 0.400. The lowest BCUT2D eigenvalue weighted by molar-refractivity contribution is -0.141. The van der Waals surface area contributed by atoms with Crippen molar-refractivity contribution in [2.75, 3.05) is 0 Å². The average molecular weight is 142 g/mol. The van der Waals surface area contributed by atoms with E-state index in [0.29, 0.717) is 0 Å². The van der Waals surface area contributed by atoms with E-state index in [9.17, 15) is 4.79 Å². The summed E-state index contributed by atoms with van der Waals surface area (Å²) in [7, 11) is 0. The van der Waals surface area contributed by atoms with Crippen LogP contribution in [-0.4, -0.2) is 23.5 Å². The fourth-order valence-electron chi connectivity index (χ4n) is 0.329. The van der Waals surface area contributed by atoms with Crippen molar-refractivity contribution in [1.29, 1.82) is 5.26 Å². The summed E-state index contributed by atoms with van der Waals surface area (Å²) in [4.78, 5) is 10.2. The molecule has 0 fully saturated rings. The molecule has 0 aliphatic rings. The van der Waals surface area contributed by atoms with Crippen molar-refractivity contribution in [3.05, 3.63) is 0 Å². The number of nitriles is 1. The molecule has 0 heterocycles. The number of ether oxygens (including phenoxy) is 1. The normalized spacial score (nSPS) is 12.4. The Morgan fingerprint density at radius 2 is 2.60 bits per heavy atom. The van der Waals surface area contributed by atoms with E-state index < -0.39 is 12.1 Å². The smallest absolute Gasteiger partial charge is 0.304 e. The highest BCUT2D eigenvalue weighted by atomic mass is 16.5. The van der Waals surface area contributed by atoms with Gasteiger partial charge >= 0.3 is 5.97 Å². The van der Waals surface area contributed by atoms with Crippen molar-refractivity contribution >= 4 is 12.2 Å². The molecule has 54 valence electrons. The van der Waals surface area contributed by atoms with E-state index in [1.165, 1.54) is 0 Å². The van der Waals surface area contributed by atoms with Crippen molar-refractivity contribution in [2.24, 2.45) is 5.16 Å². The van der Waals surface area contributed by atoms with E-state index in [1.807, 2.05) is 0 Å². The molecule has 5 heteroatoms. The third-order valence-electron chi connectivity index (χ3n) is 0.622. The summed E-state index contributed by atoms with van der Waals surface area (Å²) >= 11 is 0. The minimum atomic E-state index is -1.09. The first-order valence-electron chi connectivity index (χ1n) is 2.45. The number of oxime groups is 1. The van der Waals surface area contributed by atoms with E-state index >= 15 is 0 Å². The molecule has 0 aliphatic heterocycles. The van der Waals surface area contributed by atoms with Crippen LogP contribution >= 0.6 is 0 Å². The summed E-state index contributed by atoms with van der Waals surface area (Å²) in [5.74, 6) is -0.591. The predicted molar refractivity (Wildman–Crippen MR) is 31.4 cm³/mol. The van der Waals surface area contributed by atoms with E-state index in [4.69, 9.17) is 10.5 Å². The molecule has 0 saturated carbocycles. The number of carbonyl (C=O) groups excluding carboxylic acids is 1. The van der Waals surface area contributed by atoms with E-state index in [-0.39, 0.29) is 0 Å². The molecule has 0 aliphatic carbocycles. The zero-order chi connectivity index (χ0) is 7.98. The molecule has 0 rings (SSSR count). The molecule has 5 nitrogen and oxygen atoms in total. The molecule has 1 unspecified atom stereocenters. The average Bonchev–Trinajstić information content (AvgIpc) is 1.86. The molecule has 0 radical (unpaired) electrons. The summed E-state index contributed by atoms with van der Waals surface area (Å²) in [6.45, 7) is 1.16. The Morgan fingerprint density at radius 1 is 2.00 bits per heavy atom. The molecule has 0 aromatic carbocycles. The zero-order valence-corrected chi connectivity index (χ0v) is 5.31. The molecule has 0 aromatic rings. The lowest BCUT2D eigenvalue weighted by Gasteiger charge is -1.99. The minimum absolute atomic E-state index is 0.591. The Balaban J connectivity index is 3.87. The maximum atomic E-state index is 10.2. The summed E-state index contributed by atoms with van der Waals surface area (Å²) < 4.78 is 4.33. The van der Waals surface area contributed by atoms with E-state index in [1.54, 1.807) is 6.07 Å². The van der Waals surface area contributed by atoms with Gasteiger partial charge in [-0.25, -0.2) is 0 Å². The highest BCUT2D eigenvalue weighted by Crippen LogP contribution is 1.86. The van der Waals surface area contributed by atoms with Crippen LogP contribution in [0.15, 0.2) is 5.16 Å². The number of esters is 1. The Labute approximate surface area is 57.5 Å². The van der Waals surface area contributed by atoms with Gasteiger partial charge in [0.05, 0.1) is 6.21 Å².